The van der Waals surface area contributed by atoms with Crippen LogP contribution in [0.1, 0.15) is 31.7 Å². The second kappa shape index (κ2) is 8.34. The summed E-state index contributed by atoms with van der Waals surface area (Å²) in [6.07, 6.45) is 1.18. The third-order valence-corrected chi connectivity index (χ3v) is 5.47. The molecule has 150 valence electrons. The molecular formula is C22H22BrN3O3. The van der Waals surface area contributed by atoms with E-state index in [9.17, 15) is 5.26 Å². The highest BCUT2D eigenvalue weighted by Gasteiger charge is 2.28. The molecule has 7 heteroatoms. The third kappa shape index (κ3) is 4.48. The Kier molecular flexibility index (Phi) is 5.63. The number of hydrogen-bond acceptors (Lipinski definition) is 6. The second-order valence-electron chi connectivity index (χ2n) is 7.64. The van der Waals surface area contributed by atoms with Gasteiger partial charge in [0.15, 0.2) is 5.76 Å². The summed E-state index contributed by atoms with van der Waals surface area (Å²) in [6.45, 7) is 6.45. The van der Waals surface area contributed by atoms with Gasteiger partial charge in [0.05, 0.1) is 0 Å². The molecule has 1 aliphatic heterocycles. The van der Waals surface area contributed by atoms with Crippen LogP contribution in [0.3, 0.4) is 0 Å². The van der Waals surface area contributed by atoms with Gasteiger partial charge < -0.3 is 18.5 Å². The smallest absolute Gasteiger partial charge is 0.266 e. The van der Waals surface area contributed by atoms with Gasteiger partial charge in [-0.1, -0.05) is 29.8 Å². The van der Waals surface area contributed by atoms with Crippen LogP contribution in [-0.4, -0.2) is 18.1 Å². The highest BCUT2D eigenvalue weighted by atomic mass is 79.9. The number of nitrogens with zero attached hydrogens (tertiary/aromatic N) is 3. The summed E-state index contributed by atoms with van der Waals surface area (Å²) in [4.78, 5) is 6.48. The number of hydrogen-bond donors (Lipinski definition) is 0. The Morgan fingerprint density at radius 2 is 1.86 bits per heavy atom. The molecule has 0 bridgehead atoms. The van der Waals surface area contributed by atoms with Gasteiger partial charge in [0.25, 0.3) is 5.89 Å². The van der Waals surface area contributed by atoms with Crippen molar-refractivity contribution in [1.82, 2.24) is 4.98 Å². The Labute approximate surface area is 178 Å². The number of piperidine rings is 1. The first-order valence-electron chi connectivity index (χ1n) is 9.65. The van der Waals surface area contributed by atoms with E-state index in [1.54, 1.807) is 6.07 Å². The Bertz CT molecular complexity index is 1010. The number of benzene rings is 1. The number of nitriles is 1. The summed E-state index contributed by atoms with van der Waals surface area (Å²) in [6, 6.07) is 13.4. The van der Waals surface area contributed by atoms with Crippen LogP contribution in [0.25, 0.3) is 11.7 Å². The average molecular weight is 456 g/mol. The van der Waals surface area contributed by atoms with E-state index in [1.165, 1.54) is 6.42 Å². The first-order chi connectivity index (χ1) is 14.0. The lowest BCUT2D eigenvalue weighted by atomic mass is 9.92. The minimum absolute atomic E-state index is 0.293. The van der Waals surface area contributed by atoms with Crippen LogP contribution in [0.15, 0.2) is 49.7 Å². The quantitative estimate of drug-likeness (QED) is 0.495. The molecule has 0 amide bonds. The van der Waals surface area contributed by atoms with Gasteiger partial charge in [0.1, 0.15) is 24.2 Å². The Morgan fingerprint density at radius 3 is 2.55 bits per heavy atom. The SMILES string of the molecule is CC1CC(C)CN(c2oc(-c3ccc(COc4ccc(Br)cc4)o3)nc2C#N)C1. The minimum Gasteiger partial charge on any atom is -0.486 e. The standard InChI is InChI=1S/C22H22BrN3O3/c1-14-9-15(2)12-26(11-14)22-19(10-24)25-21(29-22)20-8-7-18(28-20)13-27-17-5-3-16(23)4-6-17/h3-8,14-15H,9,11-13H2,1-2H3. The van der Waals surface area contributed by atoms with Gasteiger partial charge in [-0.2, -0.15) is 10.2 Å². The second-order valence-corrected chi connectivity index (χ2v) is 8.56. The third-order valence-electron chi connectivity index (χ3n) is 4.94. The summed E-state index contributed by atoms with van der Waals surface area (Å²) in [5, 5.41) is 9.52. The first kappa shape index (κ1) is 19.6. The van der Waals surface area contributed by atoms with Crippen LogP contribution in [-0.2, 0) is 6.61 Å². The molecule has 2 atom stereocenters. The van der Waals surface area contributed by atoms with Crippen molar-refractivity contribution in [2.75, 3.05) is 18.0 Å². The molecule has 0 aliphatic carbocycles. The number of rotatable bonds is 5. The fourth-order valence-corrected chi connectivity index (χ4v) is 4.05. The Hall–Kier alpha value is -2.72. The number of furan rings is 1. The van der Waals surface area contributed by atoms with Gasteiger partial charge in [0.2, 0.25) is 11.6 Å². The van der Waals surface area contributed by atoms with Crippen LogP contribution in [0.4, 0.5) is 5.88 Å². The number of anilines is 1. The van der Waals surface area contributed by atoms with Gasteiger partial charge in [-0.3, -0.25) is 0 Å². The molecular weight excluding hydrogens is 434 g/mol. The number of halogens is 1. The van der Waals surface area contributed by atoms with E-state index in [1.807, 2.05) is 30.3 Å². The summed E-state index contributed by atoms with van der Waals surface area (Å²) >= 11 is 3.40. The highest BCUT2D eigenvalue weighted by molar-refractivity contribution is 9.10. The average Bonchev–Trinajstić information content (AvgIpc) is 3.33. The van der Waals surface area contributed by atoms with Crippen molar-refractivity contribution < 1.29 is 13.6 Å². The van der Waals surface area contributed by atoms with Gasteiger partial charge >= 0.3 is 0 Å². The summed E-state index contributed by atoms with van der Waals surface area (Å²) in [5.74, 6) is 3.84. The molecule has 3 aromatic rings. The fourth-order valence-electron chi connectivity index (χ4n) is 3.79. The number of aromatic nitrogens is 1. The van der Waals surface area contributed by atoms with E-state index in [4.69, 9.17) is 13.6 Å². The molecule has 6 nitrogen and oxygen atoms in total. The van der Waals surface area contributed by atoms with Crippen molar-refractivity contribution in [2.24, 2.45) is 11.8 Å². The van der Waals surface area contributed by atoms with E-state index in [0.717, 1.165) is 23.3 Å². The molecule has 0 saturated carbocycles. The molecule has 0 N–H and O–H groups in total. The van der Waals surface area contributed by atoms with Gasteiger partial charge in [0, 0.05) is 17.6 Å². The molecule has 1 fully saturated rings. The zero-order chi connectivity index (χ0) is 20.4. The lowest BCUT2D eigenvalue weighted by Gasteiger charge is -2.34. The monoisotopic (exact) mass is 455 g/mol. The van der Waals surface area contributed by atoms with Crippen molar-refractivity contribution in [3.63, 3.8) is 0 Å². The molecule has 0 spiro atoms. The van der Waals surface area contributed by atoms with Crippen molar-refractivity contribution in [3.8, 4) is 23.5 Å². The van der Waals surface area contributed by atoms with E-state index in [2.05, 4.69) is 45.7 Å². The first-order valence-corrected chi connectivity index (χ1v) is 10.4. The van der Waals surface area contributed by atoms with Crippen molar-refractivity contribution >= 4 is 21.8 Å². The molecule has 3 heterocycles. The predicted octanol–water partition coefficient (Wildman–Crippen LogP) is 5.63. The van der Waals surface area contributed by atoms with Gasteiger partial charge in [-0.25, -0.2) is 0 Å². The summed E-state index contributed by atoms with van der Waals surface area (Å²) in [5.41, 5.74) is 0.297. The van der Waals surface area contributed by atoms with E-state index < -0.39 is 0 Å². The number of oxazole rings is 1. The Balaban J connectivity index is 1.50. The molecule has 1 aromatic carbocycles. The predicted molar refractivity (Wildman–Crippen MR) is 113 cm³/mol. The maximum Gasteiger partial charge on any atom is 0.266 e. The van der Waals surface area contributed by atoms with Crippen LogP contribution in [0, 0.1) is 23.2 Å². The van der Waals surface area contributed by atoms with Gasteiger partial charge in [-0.15, -0.1) is 0 Å². The zero-order valence-electron chi connectivity index (χ0n) is 16.4. The maximum atomic E-state index is 9.52. The molecule has 2 unspecified atom stereocenters. The summed E-state index contributed by atoms with van der Waals surface area (Å²) in [7, 11) is 0. The highest BCUT2D eigenvalue weighted by Crippen LogP contribution is 2.33. The van der Waals surface area contributed by atoms with E-state index in [-0.39, 0.29) is 0 Å². The van der Waals surface area contributed by atoms with E-state index >= 15 is 0 Å². The normalized spacial score (nSPS) is 19.2. The van der Waals surface area contributed by atoms with Crippen molar-refractivity contribution in [2.45, 2.75) is 26.9 Å². The van der Waals surface area contributed by atoms with Crippen molar-refractivity contribution in [3.05, 3.63) is 52.3 Å². The number of ether oxygens (including phenoxy) is 1. The maximum absolute atomic E-state index is 9.52. The Morgan fingerprint density at radius 1 is 1.14 bits per heavy atom. The molecule has 1 aliphatic rings. The molecule has 29 heavy (non-hydrogen) atoms. The lowest BCUT2D eigenvalue weighted by molar-refractivity contribution is 0.271. The molecule has 0 radical (unpaired) electrons. The van der Waals surface area contributed by atoms with Crippen LogP contribution in [0.2, 0.25) is 0 Å². The molecule has 4 rings (SSSR count). The van der Waals surface area contributed by atoms with Gasteiger partial charge in [-0.05, 0) is 54.7 Å². The molecule has 2 aromatic heterocycles. The van der Waals surface area contributed by atoms with Crippen LogP contribution >= 0.6 is 15.9 Å². The zero-order valence-corrected chi connectivity index (χ0v) is 18.0. The van der Waals surface area contributed by atoms with Crippen LogP contribution < -0.4 is 9.64 Å². The van der Waals surface area contributed by atoms with E-state index in [0.29, 0.717) is 47.4 Å². The fraction of sp³-hybridized carbons (Fsp3) is 0.364. The summed E-state index contributed by atoms with van der Waals surface area (Å²) < 4.78 is 18.5. The minimum atomic E-state index is 0.293. The van der Waals surface area contributed by atoms with Crippen molar-refractivity contribution in [1.29, 1.82) is 5.26 Å². The largest absolute Gasteiger partial charge is 0.486 e. The molecule has 1 saturated heterocycles. The van der Waals surface area contributed by atoms with Crippen LogP contribution in [0.5, 0.6) is 5.75 Å². The lowest BCUT2D eigenvalue weighted by Crippen LogP contribution is -2.38. The topological polar surface area (TPSA) is 75.4 Å².